The van der Waals surface area contributed by atoms with Crippen LogP contribution in [-0.4, -0.2) is 49.6 Å². The Morgan fingerprint density at radius 2 is 1.50 bits per heavy atom. The molecule has 1 aliphatic heterocycles. The van der Waals surface area contributed by atoms with E-state index in [4.69, 9.17) is 9.47 Å². The maximum absolute atomic E-state index is 12.4. The normalized spacial score (nSPS) is 14.7. The summed E-state index contributed by atoms with van der Waals surface area (Å²) in [7, 11) is 0. The largest absolute Gasteiger partial charge is 0.484 e. The molecule has 0 saturated carbocycles. The van der Waals surface area contributed by atoms with Crippen LogP contribution in [0.1, 0.15) is 39.2 Å². The number of likely N-dealkylation sites (tertiary alicyclic amines) is 1. The Morgan fingerprint density at radius 3 is 2.12 bits per heavy atom. The van der Waals surface area contributed by atoms with Gasteiger partial charge in [-0.1, -0.05) is 51.1 Å². The number of piperidine rings is 1. The summed E-state index contributed by atoms with van der Waals surface area (Å²) < 4.78 is 11.2. The first-order valence-corrected chi connectivity index (χ1v) is 11.3. The Hall–Kier alpha value is -3.02. The number of amides is 2. The van der Waals surface area contributed by atoms with E-state index in [0.717, 1.165) is 12.8 Å². The van der Waals surface area contributed by atoms with E-state index in [1.54, 1.807) is 0 Å². The Bertz CT molecular complexity index is 867. The lowest BCUT2D eigenvalue weighted by Crippen LogP contribution is -2.43. The highest BCUT2D eigenvalue weighted by Crippen LogP contribution is 2.24. The van der Waals surface area contributed by atoms with Crippen molar-refractivity contribution in [3.8, 4) is 11.5 Å². The molecule has 0 aliphatic carbocycles. The van der Waals surface area contributed by atoms with E-state index in [2.05, 4.69) is 26.1 Å². The van der Waals surface area contributed by atoms with Gasteiger partial charge in [-0.25, -0.2) is 0 Å². The van der Waals surface area contributed by atoms with Crippen molar-refractivity contribution < 1.29 is 19.1 Å². The third kappa shape index (κ3) is 7.29. The molecule has 1 N–H and O–H groups in total. The van der Waals surface area contributed by atoms with Crippen LogP contribution in [0.4, 0.5) is 0 Å². The second kappa shape index (κ2) is 11.0. The van der Waals surface area contributed by atoms with E-state index in [-0.39, 0.29) is 30.4 Å². The van der Waals surface area contributed by atoms with Gasteiger partial charge in [0.2, 0.25) is 0 Å². The molecule has 1 aliphatic rings. The van der Waals surface area contributed by atoms with Gasteiger partial charge in [-0.15, -0.1) is 0 Å². The highest BCUT2D eigenvalue weighted by atomic mass is 16.5. The molecular weight excluding hydrogens is 404 g/mol. The first-order valence-electron chi connectivity index (χ1n) is 11.3. The molecule has 2 amide bonds. The standard InChI is InChI=1S/C26H34N2O4/c1-26(2,3)21-9-11-23(12-10-21)31-18-24(29)27-17-20-13-15-28(16-14-20)25(30)19-32-22-7-5-4-6-8-22/h4-12,20H,13-19H2,1-3H3,(H,27,29). The molecule has 6 nitrogen and oxygen atoms in total. The van der Waals surface area contributed by atoms with Gasteiger partial charge in [0.25, 0.3) is 11.8 Å². The summed E-state index contributed by atoms with van der Waals surface area (Å²) in [6, 6.07) is 17.2. The smallest absolute Gasteiger partial charge is 0.260 e. The highest BCUT2D eigenvalue weighted by molar-refractivity contribution is 5.78. The number of carbonyl (C=O) groups is 2. The van der Waals surface area contributed by atoms with Crippen molar-refractivity contribution in [1.82, 2.24) is 10.2 Å². The van der Waals surface area contributed by atoms with Gasteiger partial charge in [0.05, 0.1) is 0 Å². The van der Waals surface area contributed by atoms with Crippen LogP contribution in [0, 0.1) is 5.92 Å². The zero-order valence-electron chi connectivity index (χ0n) is 19.3. The molecule has 0 unspecified atom stereocenters. The third-order valence-corrected chi connectivity index (χ3v) is 5.75. The maximum atomic E-state index is 12.4. The summed E-state index contributed by atoms with van der Waals surface area (Å²) in [4.78, 5) is 26.4. The monoisotopic (exact) mass is 438 g/mol. The SMILES string of the molecule is CC(C)(C)c1ccc(OCC(=O)NCC2CCN(C(=O)COc3ccccc3)CC2)cc1. The molecule has 1 saturated heterocycles. The van der Waals surface area contributed by atoms with Crippen LogP contribution in [0.5, 0.6) is 11.5 Å². The van der Waals surface area contributed by atoms with E-state index in [1.165, 1.54) is 5.56 Å². The number of para-hydroxylation sites is 1. The van der Waals surface area contributed by atoms with Gasteiger partial charge in [-0.2, -0.15) is 0 Å². The molecule has 3 rings (SSSR count). The van der Waals surface area contributed by atoms with Gasteiger partial charge >= 0.3 is 0 Å². The number of hydrogen-bond donors (Lipinski definition) is 1. The Morgan fingerprint density at radius 1 is 0.906 bits per heavy atom. The average Bonchev–Trinajstić information content (AvgIpc) is 2.80. The number of carbonyl (C=O) groups excluding carboxylic acids is 2. The molecule has 0 atom stereocenters. The molecule has 6 heteroatoms. The Balaban J connectivity index is 1.31. The van der Waals surface area contributed by atoms with Crippen LogP contribution in [-0.2, 0) is 15.0 Å². The molecule has 32 heavy (non-hydrogen) atoms. The molecule has 1 heterocycles. The maximum Gasteiger partial charge on any atom is 0.260 e. The highest BCUT2D eigenvalue weighted by Gasteiger charge is 2.23. The van der Waals surface area contributed by atoms with Gasteiger partial charge in [0, 0.05) is 19.6 Å². The molecule has 0 radical (unpaired) electrons. The fraction of sp³-hybridized carbons (Fsp3) is 0.462. The number of nitrogens with one attached hydrogen (secondary N) is 1. The molecule has 172 valence electrons. The number of hydrogen-bond acceptors (Lipinski definition) is 4. The van der Waals surface area contributed by atoms with Gasteiger partial charge in [-0.05, 0) is 54.0 Å². The van der Waals surface area contributed by atoms with Crippen molar-refractivity contribution >= 4 is 11.8 Å². The summed E-state index contributed by atoms with van der Waals surface area (Å²) in [5, 5.41) is 2.96. The quantitative estimate of drug-likeness (QED) is 0.681. The van der Waals surface area contributed by atoms with Crippen molar-refractivity contribution in [2.24, 2.45) is 5.92 Å². The Kier molecular flexibility index (Phi) is 8.14. The van der Waals surface area contributed by atoms with Crippen LogP contribution in [0.15, 0.2) is 54.6 Å². The first kappa shape index (κ1) is 23.6. The number of ether oxygens (including phenoxy) is 2. The topological polar surface area (TPSA) is 67.9 Å². The molecule has 0 aromatic heterocycles. The zero-order valence-corrected chi connectivity index (χ0v) is 19.3. The summed E-state index contributed by atoms with van der Waals surface area (Å²) >= 11 is 0. The summed E-state index contributed by atoms with van der Waals surface area (Å²) in [6.45, 7) is 8.53. The van der Waals surface area contributed by atoms with E-state index in [0.29, 0.717) is 37.1 Å². The molecule has 2 aromatic carbocycles. The van der Waals surface area contributed by atoms with Gasteiger partial charge in [0.1, 0.15) is 11.5 Å². The fourth-order valence-corrected chi connectivity index (χ4v) is 3.65. The Labute approximate surface area is 190 Å². The number of benzene rings is 2. The van der Waals surface area contributed by atoms with Crippen molar-refractivity contribution in [3.63, 3.8) is 0 Å². The van der Waals surface area contributed by atoms with Crippen molar-refractivity contribution in [2.45, 2.75) is 39.0 Å². The number of nitrogens with zero attached hydrogens (tertiary/aromatic N) is 1. The lowest BCUT2D eigenvalue weighted by molar-refractivity contribution is -0.135. The van der Waals surface area contributed by atoms with Crippen LogP contribution >= 0.6 is 0 Å². The van der Waals surface area contributed by atoms with Gasteiger partial charge in [0.15, 0.2) is 13.2 Å². The van der Waals surface area contributed by atoms with E-state index >= 15 is 0 Å². The minimum Gasteiger partial charge on any atom is -0.484 e. The minimum atomic E-state index is -0.125. The molecular formula is C26H34N2O4. The molecule has 0 spiro atoms. The van der Waals surface area contributed by atoms with Crippen LogP contribution in [0.3, 0.4) is 0 Å². The predicted molar refractivity (Wildman–Crippen MR) is 125 cm³/mol. The van der Waals surface area contributed by atoms with Crippen molar-refractivity contribution in [3.05, 3.63) is 60.2 Å². The third-order valence-electron chi connectivity index (χ3n) is 5.75. The van der Waals surface area contributed by atoms with Crippen LogP contribution in [0.2, 0.25) is 0 Å². The van der Waals surface area contributed by atoms with Gasteiger partial charge in [-0.3, -0.25) is 9.59 Å². The summed E-state index contributed by atoms with van der Waals surface area (Å²) in [6.07, 6.45) is 1.74. The minimum absolute atomic E-state index is 0.00205. The fourth-order valence-electron chi connectivity index (χ4n) is 3.65. The average molecular weight is 439 g/mol. The van der Waals surface area contributed by atoms with E-state index < -0.39 is 0 Å². The lowest BCUT2D eigenvalue weighted by atomic mass is 9.87. The molecule has 2 aromatic rings. The molecule has 0 bridgehead atoms. The summed E-state index contributed by atoms with van der Waals surface area (Å²) in [5.74, 6) is 1.63. The van der Waals surface area contributed by atoms with Gasteiger partial charge < -0.3 is 19.7 Å². The van der Waals surface area contributed by atoms with E-state index in [9.17, 15) is 9.59 Å². The van der Waals surface area contributed by atoms with Crippen LogP contribution in [0.25, 0.3) is 0 Å². The van der Waals surface area contributed by atoms with Crippen LogP contribution < -0.4 is 14.8 Å². The first-order chi connectivity index (χ1) is 15.3. The second-order valence-electron chi connectivity index (χ2n) is 9.29. The van der Waals surface area contributed by atoms with Crippen molar-refractivity contribution in [2.75, 3.05) is 32.8 Å². The number of rotatable bonds is 8. The zero-order chi connectivity index (χ0) is 23.0. The summed E-state index contributed by atoms with van der Waals surface area (Å²) in [5.41, 5.74) is 1.32. The lowest BCUT2D eigenvalue weighted by Gasteiger charge is -2.32. The predicted octanol–water partition coefficient (Wildman–Crippen LogP) is 3.80. The molecule has 1 fully saturated rings. The van der Waals surface area contributed by atoms with Crippen molar-refractivity contribution in [1.29, 1.82) is 0 Å². The van der Waals surface area contributed by atoms with E-state index in [1.807, 2.05) is 59.5 Å². The second-order valence-corrected chi connectivity index (χ2v) is 9.29.